The van der Waals surface area contributed by atoms with Crippen molar-refractivity contribution in [2.75, 3.05) is 39.9 Å². The van der Waals surface area contributed by atoms with Gasteiger partial charge in [0, 0.05) is 26.7 Å². The maximum atomic E-state index is 12.7. The highest BCUT2D eigenvalue weighted by Gasteiger charge is 2.24. The average molecular weight is 367 g/mol. The molecule has 1 saturated heterocycles. The molecule has 1 aliphatic heterocycles. The van der Waals surface area contributed by atoms with Gasteiger partial charge in [-0.25, -0.2) is 4.79 Å². The quantitative estimate of drug-likeness (QED) is 0.850. The number of nitrogens with one attached hydrogen (secondary N) is 1. The molecule has 0 radical (unpaired) electrons. The summed E-state index contributed by atoms with van der Waals surface area (Å²) in [6.45, 7) is 5.86. The number of carbonyl (C=O) groups is 1. The van der Waals surface area contributed by atoms with Crippen LogP contribution in [0.5, 0.6) is 0 Å². The van der Waals surface area contributed by atoms with E-state index in [1.807, 2.05) is 50.4 Å². The van der Waals surface area contributed by atoms with Crippen LogP contribution in [0.4, 0.5) is 4.79 Å². The molecule has 0 aromatic heterocycles. The van der Waals surface area contributed by atoms with E-state index in [9.17, 15) is 4.79 Å². The molecule has 0 unspecified atom stereocenters. The van der Waals surface area contributed by atoms with Gasteiger partial charge in [-0.2, -0.15) is 0 Å². The van der Waals surface area contributed by atoms with Crippen molar-refractivity contribution in [3.63, 3.8) is 0 Å². The number of hydrogen-bond acceptors (Lipinski definition) is 3. The lowest BCUT2D eigenvalue weighted by molar-refractivity contribution is 0.0164. The minimum absolute atomic E-state index is 0.0183. The van der Waals surface area contributed by atoms with E-state index in [1.165, 1.54) is 5.56 Å². The number of hydrogen-bond donors (Lipinski definition) is 1. The molecular weight excluding hydrogens is 338 g/mol. The summed E-state index contributed by atoms with van der Waals surface area (Å²) in [5.41, 5.74) is 2.35. The zero-order valence-corrected chi connectivity index (χ0v) is 16.2. The maximum Gasteiger partial charge on any atom is 0.317 e. The van der Waals surface area contributed by atoms with Crippen LogP contribution in [0, 0.1) is 0 Å². The topological polar surface area (TPSA) is 44.8 Å². The van der Waals surface area contributed by atoms with Crippen molar-refractivity contribution in [1.29, 1.82) is 0 Å². The summed E-state index contributed by atoms with van der Waals surface area (Å²) in [5, 5.41) is 3.13. The Hall–Kier alpha value is -2.37. The molecule has 0 bridgehead atoms. The fourth-order valence-electron chi connectivity index (χ4n) is 3.46. The van der Waals surface area contributed by atoms with Crippen molar-refractivity contribution in [2.24, 2.45) is 0 Å². The first-order valence-corrected chi connectivity index (χ1v) is 9.59. The highest BCUT2D eigenvalue weighted by Crippen LogP contribution is 2.22. The number of morpholine rings is 1. The van der Waals surface area contributed by atoms with Crippen LogP contribution < -0.4 is 5.32 Å². The molecule has 0 saturated carbocycles. The van der Waals surface area contributed by atoms with Crippen molar-refractivity contribution < 1.29 is 9.53 Å². The number of benzene rings is 2. The van der Waals surface area contributed by atoms with Crippen molar-refractivity contribution in [1.82, 2.24) is 15.1 Å². The Morgan fingerprint density at radius 1 is 1.04 bits per heavy atom. The van der Waals surface area contributed by atoms with Crippen LogP contribution in [0.25, 0.3) is 0 Å². The standard InChI is InChI=1S/C22H29N3O2/c1-18(19-9-5-3-6-10-19)24(2)22(26)23-17-21(20-11-7-4-8-12-20)25-13-15-27-16-14-25/h3-12,18,21H,13-17H2,1-2H3,(H,23,26)/t18-,21-/m0/s1. The van der Waals surface area contributed by atoms with Gasteiger partial charge < -0.3 is 15.0 Å². The monoisotopic (exact) mass is 367 g/mol. The molecule has 0 spiro atoms. The van der Waals surface area contributed by atoms with Crippen molar-refractivity contribution >= 4 is 6.03 Å². The van der Waals surface area contributed by atoms with Gasteiger partial charge in [0.1, 0.15) is 0 Å². The summed E-state index contributed by atoms with van der Waals surface area (Å²) in [6, 6.07) is 20.6. The van der Waals surface area contributed by atoms with Crippen LogP contribution in [0.2, 0.25) is 0 Å². The van der Waals surface area contributed by atoms with E-state index in [2.05, 4.69) is 34.5 Å². The molecule has 5 nitrogen and oxygen atoms in total. The van der Waals surface area contributed by atoms with E-state index in [4.69, 9.17) is 4.74 Å². The largest absolute Gasteiger partial charge is 0.379 e. The molecule has 5 heteroatoms. The number of urea groups is 1. The average Bonchev–Trinajstić information content (AvgIpc) is 2.75. The van der Waals surface area contributed by atoms with Gasteiger partial charge in [-0.3, -0.25) is 4.90 Å². The highest BCUT2D eigenvalue weighted by molar-refractivity contribution is 5.74. The van der Waals surface area contributed by atoms with Crippen LogP contribution in [0.15, 0.2) is 60.7 Å². The first-order chi connectivity index (χ1) is 13.2. The van der Waals surface area contributed by atoms with Gasteiger partial charge in [0.05, 0.1) is 25.3 Å². The molecule has 2 amide bonds. The lowest BCUT2D eigenvalue weighted by Gasteiger charge is -2.35. The third kappa shape index (κ3) is 5.08. The molecule has 0 aliphatic carbocycles. The highest BCUT2D eigenvalue weighted by atomic mass is 16.5. The molecule has 1 heterocycles. The molecule has 1 fully saturated rings. The molecular formula is C22H29N3O2. The number of ether oxygens (including phenoxy) is 1. The zero-order chi connectivity index (χ0) is 19.1. The second-order valence-electron chi connectivity index (χ2n) is 6.96. The molecule has 1 N–H and O–H groups in total. The zero-order valence-electron chi connectivity index (χ0n) is 16.2. The Morgan fingerprint density at radius 2 is 1.59 bits per heavy atom. The summed E-state index contributed by atoms with van der Waals surface area (Å²) < 4.78 is 5.49. The van der Waals surface area contributed by atoms with Crippen LogP contribution >= 0.6 is 0 Å². The van der Waals surface area contributed by atoms with Gasteiger partial charge in [-0.05, 0) is 18.1 Å². The van der Waals surface area contributed by atoms with E-state index < -0.39 is 0 Å². The van der Waals surface area contributed by atoms with E-state index >= 15 is 0 Å². The first kappa shape index (κ1) is 19.4. The van der Waals surface area contributed by atoms with E-state index in [-0.39, 0.29) is 18.1 Å². The van der Waals surface area contributed by atoms with Gasteiger partial charge in [-0.1, -0.05) is 60.7 Å². The maximum absolute atomic E-state index is 12.7. The molecule has 2 aromatic rings. The Morgan fingerprint density at radius 3 is 2.19 bits per heavy atom. The van der Waals surface area contributed by atoms with E-state index in [0.717, 1.165) is 31.9 Å². The number of carbonyl (C=O) groups excluding carboxylic acids is 1. The number of nitrogens with zero attached hydrogens (tertiary/aromatic N) is 2. The number of amides is 2. The second-order valence-corrected chi connectivity index (χ2v) is 6.96. The van der Waals surface area contributed by atoms with Crippen LogP contribution in [0.3, 0.4) is 0 Å². The fourth-order valence-corrected chi connectivity index (χ4v) is 3.46. The van der Waals surface area contributed by atoms with Gasteiger partial charge in [-0.15, -0.1) is 0 Å². The van der Waals surface area contributed by atoms with Gasteiger partial charge in [0.25, 0.3) is 0 Å². The molecule has 3 rings (SSSR count). The summed E-state index contributed by atoms with van der Waals surface area (Å²) >= 11 is 0. The first-order valence-electron chi connectivity index (χ1n) is 9.59. The summed E-state index contributed by atoms with van der Waals surface area (Å²) in [4.78, 5) is 16.9. The van der Waals surface area contributed by atoms with Crippen LogP contribution in [0.1, 0.15) is 30.1 Å². The Labute approximate surface area is 161 Å². The molecule has 1 aliphatic rings. The second kappa shape index (κ2) is 9.53. The normalized spacial score (nSPS) is 17.1. The Bertz CT molecular complexity index is 702. The third-order valence-electron chi connectivity index (χ3n) is 5.30. The molecule has 2 atom stereocenters. The smallest absolute Gasteiger partial charge is 0.317 e. The summed E-state index contributed by atoms with van der Waals surface area (Å²) in [7, 11) is 1.85. The predicted molar refractivity (Wildman–Crippen MR) is 108 cm³/mol. The molecule has 144 valence electrons. The SMILES string of the molecule is C[C@@H](c1ccccc1)N(C)C(=O)NC[C@@H](c1ccccc1)N1CCOCC1. The minimum Gasteiger partial charge on any atom is -0.379 e. The van der Waals surface area contributed by atoms with Gasteiger partial charge in [0.2, 0.25) is 0 Å². The van der Waals surface area contributed by atoms with Crippen molar-refractivity contribution in [3.8, 4) is 0 Å². The Balaban J connectivity index is 1.64. The van der Waals surface area contributed by atoms with Gasteiger partial charge >= 0.3 is 6.03 Å². The lowest BCUT2D eigenvalue weighted by atomic mass is 10.0. The summed E-state index contributed by atoms with van der Waals surface area (Å²) in [5.74, 6) is 0. The fraction of sp³-hybridized carbons (Fsp3) is 0.409. The van der Waals surface area contributed by atoms with Crippen LogP contribution in [-0.2, 0) is 4.74 Å². The Kier molecular flexibility index (Phi) is 6.85. The summed E-state index contributed by atoms with van der Waals surface area (Å²) in [6.07, 6.45) is 0. The van der Waals surface area contributed by atoms with E-state index in [0.29, 0.717) is 6.54 Å². The molecule has 27 heavy (non-hydrogen) atoms. The predicted octanol–water partition coefficient (Wildman–Crippen LogP) is 3.46. The number of rotatable bonds is 6. The van der Waals surface area contributed by atoms with Gasteiger partial charge in [0.15, 0.2) is 0 Å². The van der Waals surface area contributed by atoms with E-state index in [1.54, 1.807) is 4.90 Å². The van der Waals surface area contributed by atoms with Crippen LogP contribution in [-0.4, -0.2) is 55.7 Å². The minimum atomic E-state index is -0.0551. The third-order valence-corrected chi connectivity index (χ3v) is 5.30. The lowest BCUT2D eigenvalue weighted by Crippen LogP contribution is -2.46. The van der Waals surface area contributed by atoms with Crippen molar-refractivity contribution in [2.45, 2.75) is 19.0 Å². The molecule has 2 aromatic carbocycles. The van der Waals surface area contributed by atoms with Crippen molar-refractivity contribution in [3.05, 3.63) is 71.8 Å².